The summed E-state index contributed by atoms with van der Waals surface area (Å²) in [5.74, 6) is -1.51. The Morgan fingerprint density at radius 3 is 2.28 bits per heavy atom. The molecule has 4 heteroatoms. The Labute approximate surface area is 231 Å². The van der Waals surface area contributed by atoms with Crippen molar-refractivity contribution in [1.29, 1.82) is 0 Å². The molecule has 3 aromatic carbocycles. The predicted molar refractivity (Wildman–Crippen MR) is 156 cm³/mol. The van der Waals surface area contributed by atoms with Gasteiger partial charge in [-0.2, -0.15) is 4.39 Å². The number of halogens is 3. The van der Waals surface area contributed by atoms with Crippen LogP contribution in [0, 0.1) is 23.4 Å². The fraction of sp³-hybridized carbons (Fsp3) is 0.371. The van der Waals surface area contributed by atoms with Crippen LogP contribution in [0.2, 0.25) is 0 Å². The van der Waals surface area contributed by atoms with Crippen LogP contribution < -0.4 is 4.74 Å². The fourth-order valence-electron chi connectivity index (χ4n) is 5.27. The van der Waals surface area contributed by atoms with Crippen LogP contribution in [0.25, 0.3) is 27.8 Å². The summed E-state index contributed by atoms with van der Waals surface area (Å²) in [7, 11) is 0. The number of ether oxygens (including phenoxy) is 1. The van der Waals surface area contributed by atoms with Crippen LogP contribution in [0.5, 0.6) is 5.75 Å². The van der Waals surface area contributed by atoms with Crippen LogP contribution in [0.1, 0.15) is 77.2 Å². The van der Waals surface area contributed by atoms with Crippen molar-refractivity contribution in [3.63, 3.8) is 0 Å². The minimum Gasteiger partial charge on any atom is -0.490 e. The van der Waals surface area contributed by atoms with Gasteiger partial charge in [-0.3, -0.25) is 0 Å². The molecule has 0 bridgehead atoms. The van der Waals surface area contributed by atoms with E-state index < -0.39 is 11.6 Å². The lowest BCUT2D eigenvalue weighted by atomic mass is 9.84. The van der Waals surface area contributed by atoms with Crippen molar-refractivity contribution in [3.8, 4) is 28.0 Å². The highest BCUT2D eigenvalue weighted by Gasteiger charge is 2.18. The fourth-order valence-corrected chi connectivity index (χ4v) is 5.27. The second-order valence-electron chi connectivity index (χ2n) is 10.4. The molecule has 0 spiro atoms. The van der Waals surface area contributed by atoms with E-state index in [1.54, 1.807) is 24.3 Å². The monoisotopic (exact) mass is 532 g/mol. The molecular formula is C35H39F3O. The number of allylic oxidation sites excluding steroid dienone is 4. The zero-order valence-electron chi connectivity index (χ0n) is 23.1. The van der Waals surface area contributed by atoms with E-state index in [0.29, 0.717) is 23.7 Å². The molecule has 3 aromatic rings. The summed E-state index contributed by atoms with van der Waals surface area (Å²) >= 11 is 0. The number of hydrogen-bond donors (Lipinski definition) is 0. The molecule has 0 radical (unpaired) electrons. The molecule has 4 rings (SSSR count). The van der Waals surface area contributed by atoms with E-state index in [-0.39, 0.29) is 17.1 Å². The van der Waals surface area contributed by atoms with Gasteiger partial charge in [0.2, 0.25) is 5.82 Å². The van der Waals surface area contributed by atoms with Crippen molar-refractivity contribution in [2.24, 2.45) is 5.92 Å². The first kappa shape index (κ1) is 28.7. The van der Waals surface area contributed by atoms with Gasteiger partial charge < -0.3 is 4.74 Å². The molecule has 1 aliphatic rings. The van der Waals surface area contributed by atoms with Crippen molar-refractivity contribution >= 4 is 5.57 Å². The standard InChI is InChI=1S/C35H39F3O/c1-3-5-7-9-23-39-33-22-21-31(34(37)35(33)38)28-17-15-26(16-18-28)29-19-20-30(32(36)24-29)27-13-11-25(12-14-27)10-8-6-4-2/h4,6,13,15-22,24-25H,3,5,7-12,14,23H2,1-2H3/b6-4+. The van der Waals surface area contributed by atoms with Crippen LogP contribution in [0.3, 0.4) is 0 Å². The van der Waals surface area contributed by atoms with E-state index in [9.17, 15) is 8.78 Å². The minimum absolute atomic E-state index is 0.0582. The van der Waals surface area contributed by atoms with Crippen LogP contribution in [-0.4, -0.2) is 6.61 Å². The minimum atomic E-state index is -0.967. The lowest BCUT2D eigenvalue weighted by molar-refractivity contribution is 0.285. The molecule has 206 valence electrons. The largest absolute Gasteiger partial charge is 0.490 e. The summed E-state index contributed by atoms with van der Waals surface area (Å²) in [6.45, 7) is 4.53. The highest BCUT2D eigenvalue weighted by Crippen LogP contribution is 2.36. The van der Waals surface area contributed by atoms with E-state index in [4.69, 9.17) is 4.74 Å². The Bertz CT molecular complexity index is 1290. The van der Waals surface area contributed by atoms with Crippen LogP contribution in [-0.2, 0) is 0 Å². The van der Waals surface area contributed by atoms with Gasteiger partial charge in [0.05, 0.1) is 6.61 Å². The predicted octanol–water partition coefficient (Wildman–Crippen LogP) is 10.9. The Morgan fingerprint density at radius 1 is 0.846 bits per heavy atom. The molecule has 39 heavy (non-hydrogen) atoms. The summed E-state index contributed by atoms with van der Waals surface area (Å²) in [5.41, 5.74) is 4.06. The van der Waals surface area contributed by atoms with Gasteiger partial charge in [-0.1, -0.05) is 80.8 Å². The molecule has 1 aliphatic carbocycles. The van der Waals surface area contributed by atoms with Crippen molar-refractivity contribution in [2.75, 3.05) is 6.61 Å². The zero-order chi connectivity index (χ0) is 27.6. The van der Waals surface area contributed by atoms with E-state index >= 15 is 4.39 Å². The van der Waals surface area contributed by atoms with Gasteiger partial charge in [0, 0.05) is 11.1 Å². The maximum Gasteiger partial charge on any atom is 0.201 e. The maximum absolute atomic E-state index is 15.1. The Hall–Kier alpha value is -3.27. The van der Waals surface area contributed by atoms with Gasteiger partial charge in [0.25, 0.3) is 0 Å². The smallest absolute Gasteiger partial charge is 0.201 e. The highest BCUT2D eigenvalue weighted by molar-refractivity contribution is 5.74. The molecule has 0 amide bonds. The second-order valence-corrected chi connectivity index (χ2v) is 10.4. The van der Waals surface area contributed by atoms with Crippen LogP contribution in [0.4, 0.5) is 13.2 Å². The van der Waals surface area contributed by atoms with Crippen LogP contribution >= 0.6 is 0 Å². The number of unbranched alkanes of at least 4 members (excludes halogenated alkanes) is 3. The molecule has 1 atom stereocenters. The molecule has 0 saturated heterocycles. The average molecular weight is 533 g/mol. The third-order valence-corrected chi connectivity index (χ3v) is 7.64. The molecule has 0 heterocycles. The number of benzene rings is 3. The summed E-state index contributed by atoms with van der Waals surface area (Å²) in [5, 5.41) is 0. The molecule has 0 fully saturated rings. The first-order chi connectivity index (χ1) is 19.0. The second kappa shape index (κ2) is 14.2. The molecule has 1 unspecified atom stereocenters. The maximum atomic E-state index is 15.1. The van der Waals surface area contributed by atoms with Crippen molar-refractivity contribution in [2.45, 2.75) is 71.6 Å². The van der Waals surface area contributed by atoms with E-state index in [1.165, 1.54) is 12.5 Å². The Morgan fingerprint density at radius 2 is 1.59 bits per heavy atom. The summed E-state index contributed by atoms with van der Waals surface area (Å²) in [6.07, 6.45) is 15.8. The van der Waals surface area contributed by atoms with Crippen molar-refractivity contribution in [3.05, 3.63) is 95.8 Å². The molecule has 0 aromatic heterocycles. The third-order valence-electron chi connectivity index (χ3n) is 7.64. The lowest BCUT2D eigenvalue weighted by Gasteiger charge is -2.22. The van der Waals surface area contributed by atoms with Gasteiger partial charge in [0.15, 0.2) is 11.6 Å². The Kier molecular flexibility index (Phi) is 10.5. The summed E-state index contributed by atoms with van der Waals surface area (Å²) in [4.78, 5) is 0. The topological polar surface area (TPSA) is 9.23 Å². The van der Waals surface area contributed by atoms with E-state index in [0.717, 1.165) is 68.1 Å². The van der Waals surface area contributed by atoms with Crippen LogP contribution in [0.15, 0.2) is 72.8 Å². The van der Waals surface area contributed by atoms with Gasteiger partial charge in [-0.05, 0) is 91.8 Å². The molecule has 0 N–H and O–H groups in total. The van der Waals surface area contributed by atoms with Gasteiger partial charge >= 0.3 is 0 Å². The van der Waals surface area contributed by atoms with Crippen molar-refractivity contribution in [1.82, 2.24) is 0 Å². The zero-order valence-corrected chi connectivity index (χ0v) is 23.1. The van der Waals surface area contributed by atoms with Crippen molar-refractivity contribution < 1.29 is 17.9 Å². The summed E-state index contributed by atoms with van der Waals surface area (Å²) in [6, 6.07) is 15.5. The average Bonchev–Trinajstić information content (AvgIpc) is 2.96. The normalized spacial score (nSPS) is 15.5. The number of hydrogen-bond acceptors (Lipinski definition) is 1. The molecule has 1 nitrogen and oxygen atoms in total. The third kappa shape index (κ3) is 7.44. The first-order valence-electron chi connectivity index (χ1n) is 14.3. The molecular weight excluding hydrogens is 493 g/mol. The SMILES string of the molecule is C/C=C/CCC1CC=C(c2ccc(-c3ccc(-c4ccc(OCCCCCC)c(F)c4F)cc3)cc2F)CC1. The Balaban J connectivity index is 1.42. The first-order valence-corrected chi connectivity index (χ1v) is 14.3. The van der Waals surface area contributed by atoms with E-state index in [1.807, 2.05) is 31.2 Å². The number of rotatable bonds is 12. The summed E-state index contributed by atoms with van der Waals surface area (Å²) < 4.78 is 50.1. The van der Waals surface area contributed by atoms with Gasteiger partial charge in [-0.25, -0.2) is 8.78 Å². The lowest BCUT2D eigenvalue weighted by Crippen LogP contribution is -2.06. The van der Waals surface area contributed by atoms with E-state index in [2.05, 4.69) is 25.2 Å². The van der Waals surface area contributed by atoms with Gasteiger partial charge in [0.1, 0.15) is 5.82 Å². The molecule has 0 aliphatic heterocycles. The highest BCUT2D eigenvalue weighted by atomic mass is 19.2. The molecule has 0 saturated carbocycles. The quantitative estimate of drug-likeness (QED) is 0.166. The van der Waals surface area contributed by atoms with Gasteiger partial charge in [-0.15, -0.1) is 0 Å².